The molecule has 128 valence electrons. The Balaban J connectivity index is 2.59. The predicted molar refractivity (Wildman–Crippen MR) is 90.2 cm³/mol. The van der Waals surface area contributed by atoms with Gasteiger partial charge in [-0.25, -0.2) is 12.7 Å². The summed E-state index contributed by atoms with van der Waals surface area (Å²) < 4.78 is 64.2. The zero-order chi connectivity index (χ0) is 18.0. The van der Waals surface area contributed by atoms with Gasteiger partial charge in [0.1, 0.15) is 0 Å². The summed E-state index contributed by atoms with van der Waals surface area (Å²) in [7, 11) is -4.20. The molecule has 0 saturated carbocycles. The average molecular weight is 420 g/mol. The zero-order valence-electron chi connectivity index (χ0n) is 12.5. The zero-order valence-corrected chi connectivity index (χ0v) is 14.9. The molecule has 3 nitrogen and oxygen atoms in total. The van der Waals surface area contributed by atoms with Crippen LogP contribution in [0.5, 0.6) is 0 Å². The highest BCUT2D eigenvalue weighted by atomic mass is 79.9. The minimum absolute atomic E-state index is 0.0820. The second kappa shape index (κ2) is 6.98. The third-order valence-electron chi connectivity index (χ3n) is 3.07. The maximum Gasteiger partial charge on any atom is 0.411 e. The Bertz CT molecular complexity index is 846. The molecule has 0 amide bonds. The largest absolute Gasteiger partial charge is 0.411 e. The molecule has 0 saturated heterocycles. The second-order valence-corrected chi connectivity index (χ2v) is 7.59. The van der Waals surface area contributed by atoms with E-state index in [1.807, 2.05) is 0 Å². The highest BCUT2D eigenvalue weighted by Crippen LogP contribution is 2.32. The van der Waals surface area contributed by atoms with Crippen molar-refractivity contribution in [3.8, 4) is 0 Å². The number of anilines is 1. The first kappa shape index (κ1) is 18.5. The van der Waals surface area contributed by atoms with Crippen LogP contribution >= 0.6 is 15.9 Å². The van der Waals surface area contributed by atoms with Crippen molar-refractivity contribution in [3.05, 3.63) is 70.8 Å². The number of alkyl halides is 3. The highest BCUT2D eigenvalue weighted by molar-refractivity contribution is 9.10. The van der Waals surface area contributed by atoms with Crippen molar-refractivity contribution in [3.63, 3.8) is 0 Å². The Kier molecular flexibility index (Phi) is 5.39. The summed E-state index contributed by atoms with van der Waals surface area (Å²) in [5.41, 5.74) is 0.922. The number of hydrogen-bond donors (Lipinski definition) is 0. The van der Waals surface area contributed by atoms with Crippen LogP contribution in [0.3, 0.4) is 0 Å². The first-order chi connectivity index (χ1) is 11.1. The van der Waals surface area contributed by atoms with E-state index < -0.39 is 16.2 Å². The molecule has 2 aromatic rings. The normalized spacial score (nSPS) is 12.5. The van der Waals surface area contributed by atoms with Crippen LogP contribution in [0, 0.1) is 6.92 Å². The molecule has 0 fully saturated rings. The van der Waals surface area contributed by atoms with E-state index in [0.29, 0.717) is 15.0 Å². The number of para-hydroxylation sites is 1. The summed E-state index contributed by atoms with van der Waals surface area (Å²) in [6.07, 6.45) is -4.24. The van der Waals surface area contributed by atoms with Crippen LogP contribution in [0.25, 0.3) is 0 Å². The molecule has 2 rings (SSSR count). The minimum Gasteiger partial charge on any atom is -0.241 e. The van der Waals surface area contributed by atoms with E-state index in [1.165, 1.54) is 18.2 Å². The Labute approximate surface area is 146 Å². The van der Waals surface area contributed by atoms with Crippen LogP contribution in [-0.4, -0.2) is 14.6 Å². The molecule has 24 heavy (non-hydrogen) atoms. The Morgan fingerprint density at radius 3 is 2.17 bits per heavy atom. The Hall–Kier alpha value is -1.80. The van der Waals surface area contributed by atoms with E-state index in [4.69, 9.17) is 0 Å². The van der Waals surface area contributed by atoms with Crippen LogP contribution in [0.1, 0.15) is 5.56 Å². The molecule has 0 heterocycles. The summed E-state index contributed by atoms with van der Waals surface area (Å²) in [5.74, 6) is 0. The number of halogens is 4. The lowest BCUT2D eigenvalue weighted by Crippen LogP contribution is -2.26. The van der Waals surface area contributed by atoms with E-state index in [0.717, 1.165) is 5.56 Å². The predicted octanol–water partition coefficient (Wildman–Crippen LogP) is 5.03. The van der Waals surface area contributed by atoms with Gasteiger partial charge in [-0.1, -0.05) is 29.8 Å². The van der Waals surface area contributed by atoms with Gasteiger partial charge in [-0.15, -0.1) is 0 Å². The van der Waals surface area contributed by atoms with Gasteiger partial charge in [0.15, 0.2) is 0 Å². The number of sulfonamides is 1. The van der Waals surface area contributed by atoms with Crippen LogP contribution in [-0.2, 0) is 10.0 Å². The molecule has 2 aromatic carbocycles. The van der Waals surface area contributed by atoms with Gasteiger partial charge in [-0.2, -0.15) is 13.2 Å². The summed E-state index contributed by atoms with van der Waals surface area (Å²) >= 11 is 3.17. The van der Waals surface area contributed by atoms with Gasteiger partial charge in [0.2, 0.25) is 0 Å². The fourth-order valence-corrected chi connectivity index (χ4v) is 3.84. The fourth-order valence-electron chi connectivity index (χ4n) is 1.90. The van der Waals surface area contributed by atoms with Crippen molar-refractivity contribution in [2.24, 2.45) is 0 Å². The molecule has 0 aliphatic carbocycles. The highest BCUT2D eigenvalue weighted by Gasteiger charge is 2.28. The third-order valence-corrected chi connectivity index (χ3v) is 5.44. The molecule has 0 spiro atoms. The van der Waals surface area contributed by atoms with Crippen LogP contribution in [0.2, 0.25) is 0 Å². The number of hydrogen-bond acceptors (Lipinski definition) is 2. The van der Waals surface area contributed by atoms with E-state index in [1.54, 1.807) is 37.3 Å². The molecular weight excluding hydrogens is 407 g/mol. The molecule has 0 radical (unpaired) electrons. The summed E-state index contributed by atoms with van der Waals surface area (Å²) in [6, 6.07) is 12.0. The molecule has 0 bridgehead atoms. The van der Waals surface area contributed by atoms with Gasteiger partial charge in [0.25, 0.3) is 10.0 Å². The quantitative estimate of drug-likeness (QED) is 0.696. The van der Waals surface area contributed by atoms with E-state index >= 15 is 0 Å². The number of benzene rings is 2. The van der Waals surface area contributed by atoms with Crippen molar-refractivity contribution in [1.29, 1.82) is 0 Å². The molecule has 0 N–H and O–H groups in total. The first-order valence-electron chi connectivity index (χ1n) is 6.73. The van der Waals surface area contributed by atoms with Gasteiger partial charge < -0.3 is 0 Å². The number of allylic oxidation sites excluding steroid dienone is 1. The standard InChI is InChI=1S/C16H13BrF3NO2S/c1-12-6-8-13(9-7-12)24(22,23)21(11-10-16(18,19)20)15-5-3-2-4-14(15)17/h2-11H,1H3/b11-10+. The summed E-state index contributed by atoms with van der Waals surface area (Å²) in [6.45, 7) is 1.78. The molecule has 8 heteroatoms. The van der Waals surface area contributed by atoms with Gasteiger partial charge in [0.05, 0.1) is 10.6 Å². The monoisotopic (exact) mass is 419 g/mol. The van der Waals surface area contributed by atoms with E-state index in [-0.39, 0.29) is 16.7 Å². The summed E-state index contributed by atoms with van der Waals surface area (Å²) in [5, 5.41) is 0. The number of rotatable bonds is 4. The molecular formula is C16H13BrF3NO2S. The maximum atomic E-state index is 12.8. The smallest absolute Gasteiger partial charge is 0.241 e. The van der Waals surface area contributed by atoms with Crippen LogP contribution < -0.4 is 4.31 Å². The van der Waals surface area contributed by atoms with Crippen molar-refractivity contribution >= 4 is 31.6 Å². The molecule has 0 aromatic heterocycles. The molecule has 0 unspecified atom stereocenters. The van der Waals surface area contributed by atoms with Gasteiger partial charge in [0, 0.05) is 16.7 Å². The SMILES string of the molecule is Cc1ccc(S(=O)(=O)N(/C=C/C(F)(F)F)c2ccccc2Br)cc1. The van der Waals surface area contributed by atoms with Gasteiger partial charge in [-0.3, -0.25) is 0 Å². The Morgan fingerprint density at radius 1 is 1.04 bits per heavy atom. The average Bonchev–Trinajstić information content (AvgIpc) is 2.48. The fraction of sp³-hybridized carbons (Fsp3) is 0.125. The lowest BCUT2D eigenvalue weighted by Gasteiger charge is -2.22. The molecule has 0 aliphatic heterocycles. The maximum absolute atomic E-state index is 12.8. The van der Waals surface area contributed by atoms with Crippen molar-refractivity contribution in [2.75, 3.05) is 4.31 Å². The second-order valence-electron chi connectivity index (χ2n) is 4.92. The number of aryl methyl sites for hydroxylation is 1. The van der Waals surface area contributed by atoms with Crippen LogP contribution in [0.15, 0.2) is 70.2 Å². The van der Waals surface area contributed by atoms with E-state index in [2.05, 4.69) is 15.9 Å². The van der Waals surface area contributed by atoms with Gasteiger partial charge >= 0.3 is 6.18 Å². The molecule has 0 atom stereocenters. The van der Waals surface area contributed by atoms with E-state index in [9.17, 15) is 21.6 Å². The third kappa shape index (κ3) is 4.39. The van der Waals surface area contributed by atoms with Crippen LogP contribution in [0.4, 0.5) is 18.9 Å². The Morgan fingerprint density at radius 2 is 1.62 bits per heavy atom. The first-order valence-corrected chi connectivity index (χ1v) is 8.96. The van der Waals surface area contributed by atoms with Crippen molar-refractivity contribution in [2.45, 2.75) is 18.0 Å². The topological polar surface area (TPSA) is 37.4 Å². The minimum atomic E-state index is -4.64. The lowest BCUT2D eigenvalue weighted by atomic mass is 10.2. The lowest BCUT2D eigenvalue weighted by molar-refractivity contribution is -0.0799. The molecule has 0 aliphatic rings. The summed E-state index contributed by atoms with van der Waals surface area (Å²) in [4.78, 5) is -0.101. The van der Waals surface area contributed by atoms with Gasteiger partial charge in [-0.05, 0) is 47.1 Å². The van der Waals surface area contributed by atoms with Crippen molar-refractivity contribution in [1.82, 2.24) is 0 Å². The van der Waals surface area contributed by atoms with Crippen molar-refractivity contribution < 1.29 is 21.6 Å². The number of nitrogens with zero attached hydrogens (tertiary/aromatic N) is 1.